The van der Waals surface area contributed by atoms with Gasteiger partial charge in [0.1, 0.15) is 6.26 Å². The van der Waals surface area contributed by atoms with E-state index in [1.54, 1.807) is 6.26 Å². The van der Waals surface area contributed by atoms with Crippen molar-refractivity contribution in [2.75, 3.05) is 0 Å². The van der Waals surface area contributed by atoms with Crippen LogP contribution in [-0.2, 0) is 6.42 Å². The van der Waals surface area contributed by atoms with Crippen molar-refractivity contribution in [3.63, 3.8) is 0 Å². The number of thiophene rings is 1. The number of hydrogen-bond donors (Lipinski definition) is 0. The lowest BCUT2D eigenvalue weighted by Gasteiger charge is -1.88. The molecule has 12 heavy (non-hydrogen) atoms. The van der Waals surface area contributed by atoms with Gasteiger partial charge in [-0.25, -0.2) is 0 Å². The van der Waals surface area contributed by atoms with Crippen molar-refractivity contribution in [3.8, 4) is 0 Å². The maximum Gasteiger partial charge on any atom is 0.124 e. The fourth-order valence-corrected chi connectivity index (χ4v) is 1.88. The maximum absolute atomic E-state index is 5.78. The third-order valence-electron chi connectivity index (χ3n) is 1.50. The second-order valence-electron chi connectivity index (χ2n) is 2.43. The second-order valence-corrected chi connectivity index (χ2v) is 3.97. The van der Waals surface area contributed by atoms with Crippen molar-refractivity contribution in [2.45, 2.75) is 6.42 Å². The molecule has 0 spiro atoms. The quantitative estimate of drug-likeness (QED) is 0.743. The van der Waals surface area contributed by atoms with E-state index in [1.165, 1.54) is 16.9 Å². The van der Waals surface area contributed by atoms with Gasteiger partial charge in [-0.1, -0.05) is 16.8 Å². The summed E-state index contributed by atoms with van der Waals surface area (Å²) < 4.78 is 5.53. The van der Waals surface area contributed by atoms with E-state index in [0.29, 0.717) is 0 Å². The molecular weight excluding hydrogens is 194 g/mol. The first-order valence-electron chi connectivity index (χ1n) is 3.47. The van der Waals surface area contributed by atoms with Gasteiger partial charge in [0.2, 0.25) is 0 Å². The van der Waals surface area contributed by atoms with Crippen molar-refractivity contribution in [1.29, 1.82) is 0 Å². The molecule has 2 nitrogen and oxygen atoms in total. The zero-order valence-corrected chi connectivity index (χ0v) is 7.73. The van der Waals surface area contributed by atoms with Gasteiger partial charge >= 0.3 is 0 Å². The predicted molar refractivity (Wildman–Crippen MR) is 48.6 cm³/mol. The lowest BCUT2D eigenvalue weighted by molar-refractivity contribution is 0.413. The summed E-state index contributed by atoms with van der Waals surface area (Å²) in [6.45, 7) is 0. The third-order valence-corrected chi connectivity index (χ3v) is 2.64. The van der Waals surface area contributed by atoms with E-state index in [9.17, 15) is 0 Å². The van der Waals surface area contributed by atoms with Crippen molar-refractivity contribution in [3.05, 3.63) is 39.4 Å². The first-order valence-corrected chi connectivity index (χ1v) is 4.72. The molecule has 0 aromatic carbocycles. The van der Waals surface area contributed by atoms with Gasteiger partial charge in [-0.15, -0.1) is 11.3 Å². The highest BCUT2D eigenvalue weighted by Gasteiger charge is 2.01. The Kier molecular flexibility index (Phi) is 2.15. The predicted octanol–water partition coefficient (Wildman–Crippen LogP) is 2.98. The molecule has 62 valence electrons. The molecule has 0 N–H and O–H groups in total. The van der Waals surface area contributed by atoms with E-state index < -0.39 is 0 Å². The minimum Gasteiger partial charge on any atom is -0.365 e. The van der Waals surface area contributed by atoms with Crippen LogP contribution >= 0.6 is 22.9 Å². The summed E-state index contributed by atoms with van der Waals surface area (Å²) in [6.07, 6.45) is 2.36. The summed E-state index contributed by atoms with van der Waals surface area (Å²) >= 11 is 7.31. The summed E-state index contributed by atoms with van der Waals surface area (Å²) in [5.41, 5.74) is 2.11. The van der Waals surface area contributed by atoms with E-state index in [1.807, 2.05) is 17.5 Å². The summed E-state index contributed by atoms with van der Waals surface area (Å²) in [7, 11) is 0. The van der Waals surface area contributed by atoms with E-state index in [4.69, 9.17) is 16.1 Å². The van der Waals surface area contributed by atoms with Crippen LogP contribution in [0.2, 0.25) is 4.34 Å². The summed E-state index contributed by atoms with van der Waals surface area (Å²) in [5.74, 6) is 0. The molecular formula is C8H6ClNOS. The average molecular weight is 200 g/mol. The van der Waals surface area contributed by atoms with Crippen molar-refractivity contribution < 1.29 is 4.52 Å². The monoisotopic (exact) mass is 199 g/mol. The Morgan fingerprint density at radius 2 is 2.50 bits per heavy atom. The van der Waals surface area contributed by atoms with Gasteiger partial charge in [0.25, 0.3) is 0 Å². The SMILES string of the molecule is Clc1cc(Cc2ccon2)cs1. The van der Waals surface area contributed by atoms with Crippen LogP contribution in [0.3, 0.4) is 0 Å². The molecule has 0 radical (unpaired) electrons. The number of nitrogens with zero attached hydrogens (tertiary/aromatic N) is 1. The topological polar surface area (TPSA) is 26.0 Å². The Morgan fingerprint density at radius 1 is 1.58 bits per heavy atom. The minimum absolute atomic E-state index is 0.791. The van der Waals surface area contributed by atoms with Crippen LogP contribution in [0, 0.1) is 0 Å². The van der Waals surface area contributed by atoms with Crippen LogP contribution in [0.15, 0.2) is 28.3 Å². The second kappa shape index (κ2) is 3.29. The molecule has 0 saturated carbocycles. The molecule has 2 aromatic heterocycles. The van der Waals surface area contributed by atoms with E-state index in [-0.39, 0.29) is 0 Å². The van der Waals surface area contributed by atoms with Gasteiger partial charge < -0.3 is 4.52 Å². The Balaban J connectivity index is 2.14. The average Bonchev–Trinajstić information content (AvgIpc) is 2.63. The molecule has 0 amide bonds. The van der Waals surface area contributed by atoms with E-state index in [0.717, 1.165) is 16.5 Å². The lowest BCUT2D eigenvalue weighted by Crippen LogP contribution is -1.83. The number of halogens is 1. The molecule has 0 aliphatic carbocycles. The van der Waals surface area contributed by atoms with Crippen LogP contribution in [0.1, 0.15) is 11.3 Å². The zero-order valence-electron chi connectivity index (χ0n) is 6.16. The van der Waals surface area contributed by atoms with Crippen LogP contribution < -0.4 is 0 Å². The number of hydrogen-bond acceptors (Lipinski definition) is 3. The van der Waals surface area contributed by atoms with Crippen LogP contribution in [-0.4, -0.2) is 5.16 Å². The molecule has 0 unspecified atom stereocenters. The molecule has 0 atom stereocenters. The molecule has 2 heterocycles. The van der Waals surface area contributed by atoms with Gasteiger partial charge in [-0.3, -0.25) is 0 Å². The van der Waals surface area contributed by atoms with Gasteiger partial charge in [-0.2, -0.15) is 0 Å². The normalized spacial score (nSPS) is 10.4. The fourth-order valence-electron chi connectivity index (χ4n) is 0.976. The number of rotatable bonds is 2. The summed E-state index contributed by atoms with van der Waals surface area (Å²) in [4.78, 5) is 0. The van der Waals surface area contributed by atoms with Crippen LogP contribution in [0.4, 0.5) is 0 Å². The van der Waals surface area contributed by atoms with E-state index in [2.05, 4.69) is 5.16 Å². The Morgan fingerprint density at radius 3 is 3.08 bits per heavy atom. The van der Waals surface area contributed by atoms with Gasteiger partial charge in [0.05, 0.1) is 10.0 Å². The Bertz CT molecular complexity index is 355. The maximum atomic E-state index is 5.78. The molecule has 4 heteroatoms. The lowest BCUT2D eigenvalue weighted by atomic mass is 10.2. The van der Waals surface area contributed by atoms with Gasteiger partial charge in [0.15, 0.2) is 0 Å². The molecule has 2 aromatic rings. The third kappa shape index (κ3) is 1.68. The number of aromatic nitrogens is 1. The van der Waals surface area contributed by atoms with Crippen molar-refractivity contribution in [1.82, 2.24) is 5.16 Å². The standard InChI is InChI=1S/C8H6ClNOS/c9-8-4-6(5-12-8)3-7-1-2-11-10-7/h1-2,4-5H,3H2. The summed E-state index contributed by atoms with van der Waals surface area (Å²) in [6, 6.07) is 3.80. The fraction of sp³-hybridized carbons (Fsp3) is 0.125. The van der Waals surface area contributed by atoms with E-state index >= 15 is 0 Å². The van der Waals surface area contributed by atoms with Gasteiger partial charge in [-0.05, 0) is 17.0 Å². The molecule has 0 bridgehead atoms. The largest absolute Gasteiger partial charge is 0.365 e. The van der Waals surface area contributed by atoms with Crippen LogP contribution in [0.25, 0.3) is 0 Å². The van der Waals surface area contributed by atoms with Crippen LogP contribution in [0.5, 0.6) is 0 Å². The first kappa shape index (κ1) is 7.83. The minimum atomic E-state index is 0.791. The molecule has 0 aliphatic rings. The smallest absolute Gasteiger partial charge is 0.124 e. The molecule has 2 rings (SSSR count). The zero-order chi connectivity index (χ0) is 8.39. The highest BCUT2D eigenvalue weighted by atomic mass is 35.5. The molecule has 0 saturated heterocycles. The summed E-state index contributed by atoms with van der Waals surface area (Å²) in [5, 5.41) is 5.83. The highest BCUT2D eigenvalue weighted by Crippen LogP contribution is 2.21. The molecule has 0 fully saturated rings. The van der Waals surface area contributed by atoms with Crippen molar-refractivity contribution >= 4 is 22.9 Å². The molecule has 0 aliphatic heterocycles. The Labute approximate surface area is 78.8 Å². The highest BCUT2D eigenvalue weighted by molar-refractivity contribution is 7.14. The first-order chi connectivity index (χ1) is 5.84. The van der Waals surface area contributed by atoms with Crippen molar-refractivity contribution in [2.24, 2.45) is 0 Å². The van der Waals surface area contributed by atoms with Gasteiger partial charge in [0, 0.05) is 12.5 Å². The Hall–Kier alpha value is -0.800.